The fourth-order valence-corrected chi connectivity index (χ4v) is 2.10. The van der Waals surface area contributed by atoms with E-state index in [4.69, 9.17) is 32.3 Å². The van der Waals surface area contributed by atoms with Crippen LogP contribution in [0.25, 0.3) is 0 Å². The monoisotopic (exact) mass is 387 g/mol. The molecule has 0 radical (unpaired) electrons. The SMILES string of the molecule is C#CCOc1cc(NC(=O)N2COCCN2OC(=O)OC)c(F)cc1Cl. The first kappa shape index (κ1) is 19.6. The molecule has 0 atom stereocenters. The Balaban J connectivity index is 2.14. The first-order valence-corrected chi connectivity index (χ1v) is 7.59. The van der Waals surface area contributed by atoms with Crippen molar-refractivity contribution in [2.24, 2.45) is 0 Å². The zero-order valence-electron chi connectivity index (χ0n) is 13.7. The van der Waals surface area contributed by atoms with Gasteiger partial charge in [0, 0.05) is 6.07 Å². The van der Waals surface area contributed by atoms with Gasteiger partial charge in [0.15, 0.2) is 0 Å². The molecule has 9 nitrogen and oxygen atoms in total. The first-order chi connectivity index (χ1) is 12.5. The van der Waals surface area contributed by atoms with E-state index in [1.165, 1.54) is 6.07 Å². The number of carbonyl (C=O) groups is 2. The minimum atomic E-state index is -1.02. The fraction of sp³-hybridized carbons (Fsp3) is 0.333. The van der Waals surface area contributed by atoms with E-state index in [2.05, 4.69) is 16.0 Å². The Bertz CT molecular complexity index is 726. The van der Waals surface area contributed by atoms with Gasteiger partial charge in [0.2, 0.25) is 0 Å². The van der Waals surface area contributed by atoms with Crippen LogP contribution in [-0.2, 0) is 14.3 Å². The van der Waals surface area contributed by atoms with Crippen molar-refractivity contribution in [1.29, 1.82) is 0 Å². The number of benzene rings is 1. The van der Waals surface area contributed by atoms with Crippen LogP contribution in [0, 0.1) is 18.2 Å². The summed E-state index contributed by atoms with van der Waals surface area (Å²) in [5.41, 5.74) is -0.213. The van der Waals surface area contributed by atoms with E-state index >= 15 is 0 Å². The summed E-state index contributed by atoms with van der Waals surface area (Å²) in [7, 11) is 1.12. The number of rotatable bonds is 4. The van der Waals surface area contributed by atoms with Crippen molar-refractivity contribution in [1.82, 2.24) is 10.2 Å². The molecule has 1 fully saturated rings. The minimum absolute atomic E-state index is 0.00675. The van der Waals surface area contributed by atoms with Crippen LogP contribution in [0.5, 0.6) is 5.75 Å². The Morgan fingerprint density at radius 2 is 2.27 bits per heavy atom. The zero-order chi connectivity index (χ0) is 19.1. The molecule has 2 rings (SSSR count). The number of hydroxylamine groups is 1. The number of hydrogen-bond donors (Lipinski definition) is 1. The summed E-state index contributed by atoms with van der Waals surface area (Å²) < 4.78 is 28.8. The van der Waals surface area contributed by atoms with Crippen LogP contribution in [0.15, 0.2) is 12.1 Å². The van der Waals surface area contributed by atoms with Gasteiger partial charge >= 0.3 is 12.2 Å². The van der Waals surface area contributed by atoms with E-state index in [9.17, 15) is 14.0 Å². The fourth-order valence-electron chi connectivity index (χ4n) is 1.89. The second kappa shape index (κ2) is 9.10. The van der Waals surface area contributed by atoms with E-state index < -0.39 is 18.0 Å². The number of hydrogen-bond acceptors (Lipinski definition) is 7. The molecule has 1 aliphatic heterocycles. The van der Waals surface area contributed by atoms with Crippen molar-refractivity contribution in [2.75, 3.05) is 38.9 Å². The van der Waals surface area contributed by atoms with Gasteiger partial charge in [0.25, 0.3) is 0 Å². The van der Waals surface area contributed by atoms with Gasteiger partial charge in [-0.05, 0) is 11.2 Å². The average Bonchev–Trinajstić information content (AvgIpc) is 2.63. The highest BCUT2D eigenvalue weighted by Crippen LogP contribution is 2.30. The van der Waals surface area contributed by atoms with Crippen LogP contribution < -0.4 is 10.1 Å². The largest absolute Gasteiger partial charge is 0.529 e. The van der Waals surface area contributed by atoms with Gasteiger partial charge in [-0.1, -0.05) is 17.5 Å². The molecule has 140 valence electrons. The molecule has 1 aromatic carbocycles. The zero-order valence-corrected chi connectivity index (χ0v) is 14.4. The van der Waals surface area contributed by atoms with E-state index in [1.807, 2.05) is 0 Å². The molecule has 1 saturated heterocycles. The number of nitrogens with zero attached hydrogens (tertiary/aromatic N) is 2. The van der Waals surface area contributed by atoms with Crippen LogP contribution in [0.3, 0.4) is 0 Å². The number of hydrazine groups is 1. The highest BCUT2D eigenvalue weighted by molar-refractivity contribution is 6.32. The molecule has 0 spiro atoms. The van der Waals surface area contributed by atoms with Gasteiger partial charge < -0.3 is 24.4 Å². The second-order valence-corrected chi connectivity index (χ2v) is 5.15. The summed E-state index contributed by atoms with van der Waals surface area (Å²) in [6.07, 6.45) is 4.08. The number of methoxy groups -OCH3 is 1. The molecule has 0 aliphatic carbocycles. The molecule has 1 heterocycles. The lowest BCUT2D eigenvalue weighted by atomic mass is 10.3. The van der Waals surface area contributed by atoms with Crippen molar-refractivity contribution in [3.8, 4) is 18.1 Å². The van der Waals surface area contributed by atoms with Crippen LogP contribution in [0.1, 0.15) is 0 Å². The Labute approximate surface area is 153 Å². The summed E-state index contributed by atoms with van der Waals surface area (Å²) in [6.45, 7) is -0.0275. The Morgan fingerprint density at radius 1 is 1.50 bits per heavy atom. The third-order valence-electron chi connectivity index (χ3n) is 3.06. The predicted molar refractivity (Wildman–Crippen MR) is 87.6 cm³/mol. The highest BCUT2D eigenvalue weighted by Gasteiger charge is 2.29. The van der Waals surface area contributed by atoms with Crippen LogP contribution in [0.2, 0.25) is 5.02 Å². The number of carbonyl (C=O) groups excluding carboxylic acids is 2. The second-order valence-electron chi connectivity index (χ2n) is 4.74. The van der Waals surface area contributed by atoms with Crippen LogP contribution in [-0.4, -0.2) is 56.0 Å². The summed E-state index contributed by atoms with van der Waals surface area (Å²) in [6, 6.07) is 1.33. The van der Waals surface area contributed by atoms with Gasteiger partial charge in [0.05, 0.1) is 31.0 Å². The van der Waals surface area contributed by atoms with Gasteiger partial charge in [-0.3, -0.25) is 0 Å². The predicted octanol–water partition coefficient (Wildman–Crippen LogP) is 2.23. The van der Waals surface area contributed by atoms with Gasteiger partial charge in [-0.25, -0.2) is 14.0 Å². The van der Waals surface area contributed by atoms with Crippen LogP contribution in [0.4, 0.5) is 19.7 Å². The molecule has 2 amide bonds. The third-order valence-corrected chi connectivity index (χ3v) is 3.36. The lowest BCUT2D eigenvalue weighted by Gasteiger charge is -2.35. The summed E-state index contributed by atoms with van der Waals surface area (Å²) in [5.74, 6) is 1.55. The van der Waals surface area contributed by atoms with E-state index in [-0.39, 0.29) is 42.9 Å². The maximum atomic E-state index is 14.1. The first-order valence-electron chi connectivity index (χ1n) is 7.21. The average molecular weight is 388 g/mol. The molecule has 1 aromatic rings. The van der Waals surface area contributed by atoms with Crippen molar-refractivity contribution in [3.05, 3.63) is 23.0 Å². The Hall–Kier alpha value is -2.74. The summed E-state index contributed by atoms with van der Waals surface area (Å²) in [4.78, 5) is 28.5. The number of anilines is 1. The summed E-state index contributed by atoms with van der Waals surface area (Å²) >= 11 is 5.86. The smallest absolute Gasteiger partial charge is 0.479 e. The van der Waals surface area contributed by atoms with Crippen molar-refractivity contribution < 1.29 is 33.0 Å². The maximum absolute atomic E-state index is 14.1. The molecule has 26 heavy (non-hydrogen) atoms. The molecule has 0 aromatic heterocycles. The number of terminal acetylenes is 1. The van der Waals surface area contributed by atoms with Crippen molar-refractivity contribution in [2.45, 2.75) is 0 Å². The number of ether oxygens (including phenoxy) is 3. The molecule has 1 aliphatic rings. The third kappa shape index (κ3) is 4.89. The lowest BCUT2D eigenvalue weighted by molar-refractivity contribution is -0.280. The van der Waals surface area contributed by atoms with E-state index in [0.29, 0.717) is 0 Å². The number of amides is 2. The summed E-state index contributed by atoms with van der Waals surface area (Å²) in [5, 5.41) is 4.16. The molecule has 0 unspecified atom stereocenters. The topological polar surface area (TPSA) is 89.6 Å². The molecular formula is C15H15ClFN3O6. The minimum Gasteiger partial charge on any atom is -0.479 e. The number of halogens is 2. The molecule has 1 N–H and O–H groups in total. The van der Waals surface area contributed by atoms with Gasteiger partial charge in [-0.2, -0.15) is 5.01 Å². The molecule has 11 heteroatoms. The Kier molecular flexibility index (Phi) is 6.85. The molecule has 0 saturated carbocycles. The molecular weight excluding hydrogens is 373 g/mol. The van der Waals surface area contributed by atoms with E-state index in [0.717, 1.165) is 23.4 Å². The Morgan fingerprint density at radius 3 is 2.96 bits per heavy atom. The standard InChI is InChI=1S/C15H15ClFN3O6/c1-3-5-25-13-8-12(11(17)7-10(13)16)18-14(21)19-9-24-6-4-20(19)26-15(22)23-2/h1,7-8H,4-6,9H2,2H3,(H,18,21). The number of nitrogens with one attached hydrogen (secondary N) is 1. The highest BCUT2D eigenvalue weighted by atomic mass is 35.5. The van der Waals surface area contributed by atoms with Crippen molar-refractivity contribution in [3.63, 3.8) is 0 Å². The quantitative estimate of drug-likeness (QED) is 0.626. The lowest BCUT2D eigenvalue weighted by Crippen LogP contribution is -2.54. The molecule has 0 bridgehead atoms. The van der Waals surface area contributed by atoms with E-state index in [1.54, 1.807) is 0 Å². The number of urea groups is 1. The van der Waals surface area contributed by atoms with Gasteiger partial charge in [-0.15, -0.1) is 6.42 Å². The maximum Gasteiger partial charge on any atom is 0.529 e. The van der Waals surface area contributed by atoms with Crippen molar-refractivity contribution >= 4 is 29.5 Å². The van der Waals surface area contributed by atoms with Crippen LogP contribution >= 0.6 is 11.6 Å². The normalized spacial score (nSPS) is 14.3. The van der Waals surface area contributed by atoms with Gasteiger partial charge in [0.1, 0.15) is 24.9 Å².